The number of aliphatic hydroxyl groups excluding tert-OH is 1. The number of ether oxygens (including phenoxy) is 1. The zero-order chi connectivity index (χ0) is 15.2. The van der Waals surface area contributed by atoms with Crippen LogP contribution in [0.3, 0.4) is 0 Å². The molecule has 0 amide bonds. The Morgan fingerprint density at radius 2 is 2.14 bits per heavy atom. The molecule has 1 N–H and O–H groups in total. The first kappa shape index (κ1) is 16.5. The third-order valence-electron chi connectivity index (χ3n) is 4.82. The molecular weight excluding hydrogens is 262 g/mol. The molecule has 3 atom stereocenters. The second kappa shape index (κ2) is 7.92. The van der Waals surface area contributed by atoms with E-state index in [9.17, 15) is 5.11 Å². The molecule has 1 aromatic carbocycles. The van der Waals surface area contributed by atoms with E-state index in [4.69, 9.17) is 4.74 Å². The van der Waals surface area contributed by atoms with Gasteiger partial charge in [-0.2, -0.15) is 0 Å². The third kappa shape index (κ3) is 3.85. The zero-order valence-electron chi connectivity index (χ0n) is 13.6. The molecule has 1 aliphatic rings. The van der Waals surface area contributed by atoms with Gasteiger partial charge in [0.1, 0.15) is 0 Å². The lowest BCUT2D eigenvalue weighted by Gasteiger charge is -2.38. The van der Waals surface area contributed by atoms with E-state index >= 15 is 0 Å². The molecule has 21 heavy (non-hydrogen) atoms. The molecule has 0 saturated heterocycles. The third-order valence-corrected chi connectivity index (χ3v) is 4.82. The summed E-state index contributed by atoms with van der Waals surface area (Å²) in [5.41, 5.74) is 2.43. The van der Waals surface area contributed by atoms with Gasteiger partial charge in [0.05, 0.1) is 12.7 Å². The van der Waals surface area contributed by atoms with E-state index in [-0.39, 0.29) is 6.04 Å². The fraction of sp³-hybridized carbons (Fsp3) is 0.667. The minimum atomic E-state index is -0.394. The summed E-state index contributed by atoms with van der Waals surface area (Å²) in [5, 5.41) is 10.9. The number of rotatable bonds is 6. The van der Waals surface area contributed by atoms with Gasteiger partial charge in [-0.15, -0.1) is 0 Å². The lowest BCUT2D eigenvalue weighted by atomic mass is 9.96. The van der Waals surface area contributed by atoms with E-state index < -0.39 is 6.10 Å². The zero-order valence-corrected chi connectivity index (χ0v) is 13.6. The van der Waals surface area contributed by atoms with Crippen molar-refractivity contribution in [1.82, 2.24) is 4.90 Å². The van der Waals surface area contributed by atoms with Crippen LogP contribution >= 0.6 is 0 Å². The van der Waals surface area contributed by atoms with Crippen molar-refractivity contribution in [1.29, 1.82) is 0 Å². The fourth-order valence-electron chi connectivity index (χ4n) is 3.41. The molecule has 0 radical (unpaired) electrons. The largest absolute Gasteiger partial charge is 0.387 e. The summed E-state index contributed by atoms with van der Waals surface area (Å²) in [6, 6.07) is 9.01. The summed E-state index contributed by atoms with van der Waals surface area (Å²) < 4.78 is 5.27. The number of benzene rings is 1. The first-order chi connectivity index (χ1) is 10.2. The second-order valence-electron chi connectivity index (χ2n) is 6.09. The molecule has 1 aromatic rings. The molecule has 3 nitrogen and oxygen atoms in total. The highest BCUT2D eigenvalue weighted by Crippen LogP contribution is 2.33. The predicted octanol–water partition coefficient (Wildman–Crippen LogP) is 3.17. The average Bonchev–Trinajstić information content (AvgIpc) is 2.68. The van der Waals surface area contributed by atoms with Gasteiger partial charge >= 0.3 is 0 Å². The Labute approximate surface area is 128 Å². The summed E-state index contributed by atoms with van der Waals surface area (Å²) in [6.45, 7) is 6.06. The molecule has 2 rings (SSSR count). The molecule has 0 heterocycles. The maximum atomic E-state index is 10.9. The van der Waals surface area contributed by atoms with Crippen molar-refractivity contribution >= 4 is 0 Å². The van der Waals surface area contributed by atoms with Crippen LogP contribution in [-0.4, -0.2) is 42.4 Å². The van der Waals surface area contributed by atoms with Crippen LogP contribution in [0.25, 0.3) is 0 Å². The smallest absolute Gasteiger partial charge is 0.0947 e. The monoisotopic (exact) mass is 291 g/mol. The van der Waals surface area contributed by atoms with Gasteiger partial charge < -0.3 is 9.84 Å². The van der Waals surface area contributed by atoms with Crippen molar-refractivity contribution in [3.63, 3.8) is 0 Å². The Bertz CT molecular complexity index is 435. The van der Waals surface area contributed by atoms with E-state index in [0.29, 0.717) is 6.04 Å². The topological polar surface area (TPSA) is 32.7 Å². The van der Waals surface area contributed by atoms with Crippen LogP contribution in [0.2, 0.25) is 0 Å². The van der Waals surface area contributed by atoms with Crippen LogP contribution in [0.1, 0.15) is 50.3 Å². The Morgan fingerprint density at radius 1 is 1.38 bits per heavy atom. The van der Waals surface area contributed by atoms with Crippen LogP contribution in [0.5, 0.6) is 0 Å². The molecule has 3 unspecified atom stereocenters. The van der Waals surface area contributed by atoms with E-state index in [1.165, 1.54) is 5.56 Å². The predicted molar refractivity (Wildman–Crippen MR) is 86.5 cm³/mol. The molecule has 0 bridgehead atoms. The van der Waals surface area contributed by atoms with Gasteiger partial charge in [-0.05, 0) is 43.7 Å². The van der Waals surface area contributed by atoms with Crippen LogP contribution in [-0.2, 0) is 11.2 Å². The van der Waals surface area contributed by atoms with Crippen molar-refractivity contribution in [3.8, 4) is 0 Å². The molecule has 118 valence electrons. The van der Waals surface area contributed by atoms with E-state index in [1.807, 2.05) is 6.07 Å². The Kier molecular flexibility index (Phi) is 6.22. The minimum Gasteiger partial charge on any atom is -0.387 e. The Morgan fingerprint density at radius 3 is 2.86 bits per heavy atom. The van der Waals surface area contributed by atoms with Gasteiger partial charge in [-0.1, -0.05) is 31.2 Å². The molecular formula is C18H29NO2. The maximum Gasteiger partial charge on any atom is 0.0947 e. The minimum absolute atomic E-state index is 0.193. The summed E-state index contributed by atoms with van der Waals surface area (Å²) >= 11 is 0. The average molecular weight is 291 g/mol. The molecule has 0 fully saturated rings. The lowest BCUT2D eigenvalue weighted by molar-refractivity contribution is 0.00818. The molecule has 1 aliphatic carbocycles. The standard InChI is InChI=1S/C18H29NO2/c1-4-14(2)19(12-13-21-3)17-11-7-9-15-8-5-6-10-16(15)18(17)20/h5-6,8,10,14,17-18,20H,4,7,9,11-13H2,1-3H3. The molecule has 0 spiro atoms. The lowest BCUT2D eigenvalue weighted by Crippen LogP contribution is -2.46. The molecule has 0 aliphatic heterocycles. The van der Waals surface area contributed by atoms with Gasteiger partial charge in [0.25, 0.3) is 0 Å². The second-order valence-corrected chi connectivity index (χ2v) is 6.09. The highest BCUT2D eigenvalue weighted by molar-refractivity contribution is 5.31. The summed E-state index contributed by atoms with van der Waals surface area (Å²) in [4.78, 5) is 2.44. The van der Waals surface area contributed by atoms with Crippen molar-refractivity contribution in [2.24, 2.45) is 0 Å². The van der Waals surface area contributed by atoms with Gasteiger partial charge in [-0.3, -0.25) is 4.90 Å². The number of aliphatic hydroxyl groups is 1. The molecule has 3 heteroatoms. The van der Waals surface area contributed by atoms with Gasteiger partial charge in [0, 0.05) is 25.7 Å². The van der Waals surface area contributed by atoms with E-state index in [1.54, 1.807) is 7.11 Å². The van der Waals surface area contributed by atoms with Crippen LogP contribution in [0, 0.1) is 0 Å². The van der Waals surface area contributed by atoms with E-state index in [0.717, 1.165) is 44.4 Å². The highest BCUT2D eigenvalue weighted by atomic mass is 16.5. The quantitative estimate of drug-likeness (QED) is 0.817. The van der Waals surface area contributed by atoms with Crippen molar-refractivity contribution in [2.45, 2.75) is 57.7 Å². The number of hydrogen-bond acceptors (Lipinski definition) is 3. The van der Waals surface area contributed by atoms with Gasteiger partial charge in [0.15, 0.2) is 0 Å². The van der Waals surface area contributed by atoms with Crippen LogP contribution in [0.15, 0.2) is 24.3 Å². The fourth-order valence-corrected chi connectivity index (χ4v) is 3.41. The SMILES string of the molecule is CCC(C)N(CCOC)C1CCCc2ccccc2C1O. The number of hydrogen-bond donors (Lipinski definition) is 1. The Hall–Kier alpha value is -0.900. The number of nitrogens with zero attached hydrogens (tertiary/aromatic N) is 1. The number of aryl methyl sites for hydroxylation is 1. The summed E-state index contributed by atoms with van der Waals surface area (Å²) in [7, 11) is 1.74. The van der Waals surface area contributed by atoms with E-state index in [2.05, 4.69) is 36.9 Å². The van der Waals surface area contributed by atoms with Crippen LogP contribution in [0.4, 0.5) is 0 Å². The first-order valence-electron chi connectivity index (χ1n) is 8.19. The van der Waals surface area contributed by atoms with Gasteiger partial charge in [0.2, 0.25) is 0 Å². The summed E-state index contributed by atoms with van der Waals surface area (Å²) in [5.74, 6) is 0. The molecule has 0 saturated carbocycles. The van der Waals surface area contributed by atoms with Crippen LogP contribution < -0.4 is 0 Å². The number of methoxy groups -OCH3 is 1. The van der Waals surface area contributed by atoms with Crippen molar-refractivity contribution in [3.05, 3.63) is 35.4 Å². The van der Waals surface area contributed by atoms with Crippen molar-refractivity contribution < 1.29 is 9.84 Å². The number of fused-ring (bicyclic) bond motifs is 1. The first-order valence-corrected chi connectivity index (χ1v) is 8.19. The molecule has 0 aromatic heterocycles. The highest BCUT2D eigenvalue weighted by Gasteiger charge is 2.32. The normalized spacial score (nSPS) is 23.7. The maximum absolute atomic E-state index is 10.9. The Balaban J connectivity index is 2.23. The van der Waals surface area contributed by atoms with Crippen molar-refractivity contribution in [2.75, 3.05) is 20.3 Å². The summed E-state index contributed by atoms with van der Waals surface area (Å²) in [6.07, 6.45) is 3.95. The van der Waals surface area contributed by atoms with Gasteiger partial charge in [-0.25, -0.2) is 0 Å².